The molecule has 11 nitrogen and oxygen atoms in total. The molecular formula is C17H23N4NaO7S. The van der Waals surface area contributed by atoms with Gasteiger partial charge in [-0.25, -0.2) is 13.9 Å². The number of rotatable bonds is 3. The minimum atomic E-state index is -4.62. The van der Waals surface area contributed by atoms with Gasteiger partial charge in [-0.15, -0.1) is 0 Å². The van der Waals surface area contributed by atoms with Gasteiger partial charge in [0.05, 0.1) is 6.04 Å². The minimum absolute atomic E-state index is 0. The van der Waals surface area contributed by atoms with Crippen molar-refractivity contribution >= 4 is 69.3 Å². The van der Waals surface area contributed by atoms with E-state index in [0.717, 1.165) is 0 Å². The predicted molar refractivity (Wildman–Crippen MR) is 110 cm³/mol. The Bertz CT molecular complexity index is 946. The van der Waals surface area contributed by atoms with Crippen LogP contribution in [0.25, 0.3) is 0 Å². The van der Waals surface area contributed by atoms with Crippen molar-refractivity contribution in [1.82, 2.24) is 9.21 Å². The van der Waals surface area contributed by atoms with E-state index < -0.39 is 46.0 Å². The van der Waals surface area contributed by atoms with Gasteiger partial charge in [0.2, 0.25) is 0 Å². The Balaban J connectivity index is 0.00000320. The molecule has 0 bridgehead atoms. The van der Waals surface area contributed by atoms with Crippen LogP contribution in [0, 0.1) is 0 Å². The van der Waals surface area contributed by atoms with E-state index in [0.29, 0.717) is 15.7 Å². The fourth-order valence-electron chi connectivity index (χ4n) is 3.30. The number of likely N-dealkylation sites (tertiary alicyclic amines) is 1. The molecule has 1 aromatic rings. The summed E-state index contributed by atoms with van der Waals surface area (Å²) in [5.41, 5.74) is 0.262. The van der Waals surface area contributed by atoms with Gasteiger partial charge >= 0.3 is 52.0 Å². The van der Waals surface area contributed by atoms with Gasteiger partial charge in [-0.2, -0.15) is 8.42 Å². The quantitative estimate of drug-likeness (QED) is 0.354. The number of β-lactam (4-membered cyclic amide) rings is 1. The predicted octanol–water partition coefficient (Wildman–Crippen LogP) is 1.00. The van der Waals surface area contributed by atoms with Crippen molar-refractivity contribution in [3.05, 3.63) is 24.3 Å². The Hall–Kier alpha value is -1.86. The number of anilines is 2. The Morgan fingerprint density at radius 2 is 1.67 bits per heavy atom. The van der Waals surface area contributed by atoms with Crippen molar-refractivity contribution in [1.29, 1.82) is 0 Å². The summed E-state index contributed by atoms with van der Waals surface area (Å²) in [6, 6.07) is 4.04. The van der Waals surface area contributed by atoms with Gasteiger partial charge in [0.15, 0.2) is 0 Å². The molecule has 2 aliphatic heterocycles. The number of urea groups is 1. The molecule has 3 N–H and O–H groups in total. The van der Waals surface area contributed by atoms with Crippen molar-refractivity contribution in [2.24, 2.45) is 0 Å². The second-order valence-corrected chi connectivity index (χ2v) is 9.03. The average Bonchev–Trinajstić information content (AvgIpc) is 2.92. The summed E-state index contributed by atoms with van der Waals surface area (Å²) in [6.07, 6.45) is -0.355. The standard InChI is InChI=1S/C17H22N4O7S.Na.H/c1-17(2,3)28-16(24)19-11-6-4-10(5-7-11)18-15(23)20-9-8-12-13(20)14(22)21(12)29(25,26)27;;/h4-7,12-13H,8-9H2,1-3H3,(H,18,23)(H,19,24)(H,25,26,27);;/t12-,13+;;/m1../s1. The molecule has 0 unspecified atom stereocenters. The van der Waals surface area contributed by atoms with E-state index in [9.17, 15) is 22.8 Å². The van der Waals surface area contributed by atoms with Crippen LogP contribution in [0.4, 0.5) is 21.0 Å². The topological polar surface area (TPSA) is 145 Å². The first-order chi connectivity index (χ1) is 13.4. The van der Waals surface area contributed by atoms with Crippen LogP contribution in [0.15, 0.2) is 24.3 Å². The maximum absolute atomic E-state index is 12.5. The second kappa shape index (κ2) is 8.71. The number of hydrogen-bond donors (Lipinski definition) is 3. The normalized spacial score (nSPS) is 20.6. The van der Waals surface area contributed by atoms with Crippen molar-refractivity contribution < 1.29 is 32.1 Å². The molecule has 0 radical (unpaired) electrons. The number of carbonyl (C=O) groups excluding carboxylic acids is 3. The van der Waals surface area contributed by atoms with Gasteiger partial charge in [-0.05, 0) is 51.5 Å². The molecule has 30 heavy (non-hydrogen) atoms. The molecule has 0 spiro atoms. The van der Waals surface area contributed by atoms with Gasteiger partial charge in [-0.3, -0.25) is 14.7 Å². The van der Waals surface area contributed by atoms with E-state index in [1.807, 2.05) is 0 Å². The first kappa shape index (κ1) is 24.4. The number of ether oxygens (including phenoxy) is 1. The van der Waals surface area contributed by atoms with E-state index in [4.69, 9.17) is 9.29 Å². The van der Waals surface area contributed by atoms with Gasteiger partial charge in [0, 0.05) is 17.9 Å². The van der Waals surface area contributed by atoms with Crippen molar-refractivity contribution in [2.45, 2.75) is 44.9 Å². The van der Waals surface area contributed by atoms with Crippen molar-refractivity contribution in [3.63, 3.8) is 0 Å². The number of nitrogens with zero attached hydrogens (tertiary/aromatic N) is 2. The average molecular weight is 450 g/mol. The molecule has 13 heteroatoms. The van der Waals surface area contributed by atoms with Crippen LogP contribution >= 0.6 is 0 Å². The van der Waals surface area contributed by atoms with E-state index in [-0.39, 0.29) is 42.5 Å². The van der Waals surface area contributed by atoms with Crippen LogP contribution in [0.2, 0.25) is 0 Å². The Labute approximate surface area is 196 Å². The zero-order chi connectivity index (χ0) is 21.6. The molecule has 3 rings (SSSR count). The molecular weight excluding hydrogens is 427 g/mol. The molecule has 0 aromatic heterocycles. The van der Waals surface area contributed by atoms with Gasteiger partial charge < -0.3 is 15.0 Å². The van der Waals surface area contributed by atoms with Gasteiger partial charge in [-0.1, -0.05) is 0 Å². The van der Waals surface area contributed by atoms with Crippen molar-refractivity contribution in [3.8, 4) is 0 Å². The fourth-order valence-corrected chi connectivity index (χ4v) is 4.20. The van der Waals surface area contributed by atoms with Crippen LogP contribution in [-0.2, 0) is 19.8 Å². The monoisotopic (exact) mass is 450 g/mol. The Morgan fingerprint density at radius 1 is 1.13 bits per heavy atom. The van der Waals surface area contributed by atoms with Gasteiger partial charge in [0.25, 0.3) is 5.91 Å². The number of carbonyl (C=O) groups is 3. The summed E-state index contributed by atoms with van der Waals surface area (Å²) < 4.78 is 37.1. The third-order valence-corrected chi connectivity index (χ3v) is 5.38. The van der Waals surface area contributed by atoms with Crippen LogP contribution < -0.4 is 10.6 Å². The van der Waals surface area contributed by atoms with Crippen molar-refractivity contribution in [2.75, 3.05) is 17.2 Å². The fraction of sp³-hybridized carbons (Fsp3) is 0.471. The zero-order valence-corrected chi connectivity index (χ0v) is 16.9. The molecule has 1 aromatic carbocycles. The molecule has 0 saturated carbocycles. The molecule has 2 heterocycles. The van der Waals surface area contributed by atoms with Crippen LogP contribution in [-0.4, -0.2) is 94.0 Å². The maximum atomic E-state index is 12.5. The van der Waals surface area contributed by atoms with Crippen LogP contribution in [0.5, 0.6) is 0 Å². The number of nitrogens with one attached hydrogen (secondary N) is 2. The zero-order valence-electron chi connectivity index (χ0n) is 16.1. The summed E-state index contributed by atoms with van der Waals surface area (Å²) in [5, 5.41) is 5.19. The molecule has 2 aliphatic rings. The molecule has 4 amide bonds. The summed E-state index contributed by atoms with van der Waals surface area (Å²) >= 11 is 0. The first-order valence-electron chi connectivity index (χ1n) is 8.85. The molecule has 160 valence electrons. The third kappa shape index (κ3) is 5.24. The number of fused-ring (bicyclic) bond motifs is 1. The second-order valence-electron chi connectivity index (χ2n) is 7.74. The van der Waals surface area contributed by atoms with Crippen LogP contribution in [0.3, 0.4) is 0 Å². The van der Waals surface area contributed by atoms with E-state index in [1.54, 1.807) is 45.0 Å². The van der Waals surface area contributed by atoms with Crippen LogP contribution in [0.1, 0.15) is 27.2 Å². The summed E-state index contributed by atoms with van der Waals surface area (Å²) in [5.74, 6) is -0.831. The molecule has 0 aliphatic carbocycles. The Morgan fingerprint density at radius 3 is 2.17 bits per heavy atom. The summed E-state index contributed by atoms with van der Waals surface area (Å²) in [7, 11) is -4.62. The van der Waals surface area contributed by atoms with Gasteiger partial charge in [0.1, 0.15) is 11.6 Å². The first-order valence-corrected chi connectivity index (χ1v) is 10.2. The summed E-state index contributed by atoms with van der Waals surface area (Å²) in [4.78, 5) is 37.5. The molecule has 2 atom stereocenters. The van der Waals surface area contributed by atoms with E-state index in [2.05, 4.69) is 10.6 Å². The Kier molecular flexibility index (Phi) is 7.09. The van der Waals surface area contributed by atoms with E-state index in [1.165, 1.54) is 4.90 Å². The number of benzene rings is 1. The molecule has 2 saturated heterocycles. The molecule has 2 fully saturated rings. The number of hydrogen-bond acceptors (Lipinski definition) is 6. The third-order valence-electron chi connectivity index (χ3n) is 4.43. The number of amides is 4. The SMILES string of the molecule is CC(C)(C)OC(=O)Nc1ccc(NC(=O)N2CC[C@@H]3[C@H]2C(=O)N3S(=O)(=O)O)cc1.[NaH]. The summed E-state index contributed by atoms with van der Waals surface area (Å²) in [6.45, 7) is 5.42. The van der Waals surface area contributed by atoms with E-state index >= 15 is 0 Å².